The number of ether oxygens (including phenoxy) is 1. The number of imide groups is 1. The molecule has 1 aliphatic heterocycles. The molecule has 1 spiro atoms. The van der Waals surface area contributed by atoms with Crippen molar-refractivity contribution >= 4 is 19.8 Å². The third-order valence-corrected chi connectivity index (χ3v) is 6.98. The lowest BCUT2D eigenvalue weighted by Crippen LogP contribution is -2.45. The lowest BCUT2D eigenvalue weighted by Gasteiger charge is -2.36. The summed E-state index contributed by atoms with van der Waals surface area (Å²) in [6.45, 7) is 5.10. The summed E-state index contributed by atoms with van der Waals surface area (Å²) in [6, 6.07) is 16.9. The molecule has 4 rings (SSSR count). The standard InChI is InChI=1S/C26H30NO7P/c1-25(2,3)31-24(29)27-22(28)18-26(16-10-11-17-26)19-23(27)34-35(30,32-20-12-6-4-7-13-20)33-21-14-8-5-9-15-21/h4-9,12-15,19H,10-11,16-18H2,1-3H3. The third-order valence-electron chi connectivity index (χ3n) is 5.70. The predicted molar refractivity (Wildman–Crippen MR) is 130 cm³/mol. The van der Waals surface area contributed by atoms with Crippen LogP contribution in [0.25, 0.3) is 0 Å². The molecule has 2 amide bonds. The van der Waals surface area contributed by atoms with Gasteiger partial charge >= 0.3 is 13.9 Å². The van der Waals surface area contributed by atoms with Gasteiger partial charge in [0.2, 0.25) is 11.8 Å². The Labute approximate surface area is 205 Å². The van der Waals surface area contributed by atoms with Crippen molar-refractivity contribution in [3.63, 3.8) is 0 Å². The minimum Gasteiger partial charge on any atom is -0.443 e. The SMILES string of the molecule is CC(C)(C)OC(=O)N1C(=O)CC2(C=C1OP(=O)(Oc1ccccc1)Oc1ccccc1)CCCC2. The van der Waals surface area contributed by atoms with Crippen molar-refractivity contribution in [1.82, 2.24) is 4.90 Å². The molecule has 0 N–H and O–H groups in total. The van der Waals surface area contributed by atoms with Crippen LogP contribution in [0.4, 0.5) is 4.79 Å². The van der Waals surface area contributed by atoms with Gasteiger partial charge in [0.1, 0.15) is 17.1 Å². The van der Waals surface area contributed by atoms with E-state index in [4.69, 9.17) is 18.3 Å². The van der Waals surface area contributed by atoms with Gasteiger partial charge in [0.25, 0.3) is 0 Å². The first-order valence-electron chi connectivity index (χ1n) is 11.6. The molecule has 1 heterocycles. The zero-order valence-corrected chi connectivity index (χ0v) is 21.0. The van der Waals surface area contributed by atoms with Crippen LogP contribution in [-0.2, 0) is 18.6 Å². The molecule has 9 heteroatoms. The number of amides is 2. The maximum Gasteiger partial charge on any atom is 0.648 e. The Morgan fingerprint density at radius 2 is 1.40 bits per heavy atom. The monoisotopic (exact) mass is 499 g/mol. The zero-order valence-electron chi connectivity index (χ0n) is 20.1. The van der Waals surface area contributed by atoms with Gasteiger partial charge in [0.15, 0.2) is 0 Å². The van der Waals surface area contributed by atoms with E-state index < -0.39 is 30.8 Å². The highest BCUT2D eigenvalue weighted by Gasteiger charge is 2.48. The van der Waals surface area contributed by atoms with E-state index in [0.717, 1.165) is 30.6 Å². The minimum absolute atomic E-state index is 0.141. The molecule has 0 unspecified atom stereocenters. The van der Waals surface area contributed by atoms with Crippen LogP contribution in [0.2, 0.25) is 0 Å². The molecule has 0 aromatic heterocycles. The number of carbonyl (C=O) groups excluding carboxylic acids is 2. The van der Waals surface area contributed by atoms with Crippen LogP contribution in [0.1, 0.15) is 52.9 Å². The highest BCUT2D eigenvalue weighted by atomic mass is 31.2. The number of phosphoric acid groups is 1. The summed E-state index contributed by atoms with van der Waals surface area (Å²) in [5.41, 5.74) is -1.33. The van der Waals surface area contributed by atoms with Crippen LogP contribution in [-0.4, -0.2) is 22.5 Å². The number of para-hydroxylation sites is 2. The van der Waals surface area contributed by atoms with Crippen LogP contribution in [0.15, 0.2) is 72.6 Å². The number of hydrogen-bond donors (Lipinski definition) is 0. The lowest BCUT2D eigenvalue weighted by atomic mass is 9.80. The number of carbonyl (C=O) groups is 2. The van der Waals surface area contributed by atoms with Gasteiger partial charge in [-0.1, -0.05) is 49.2 Å². The molecule has 0 bridgehead atoms. The van der Waals surface area contributed by atoms with Crippen molar-refractivity contribution in [3.05, 3.63) is 72.6 Å². The van der Waals surface area contributed by atoms with Crippen molar-refractivity contribution in [3.8, 4) is 11.5 Å². The van der Waals surface area contributed by atoms with Crippen LogP contribution in [0.5, 0.6) is 11.5 Å². The second kappa shape index (κ2) is 9.78. The smallest absolute Gasteiger partial charge is 0.443 e. The van der Waals surface area contributed by atoms with E-state index >= 15 is 0 Å². The normalized spacial score (nSPS) is 17.6. The molecule has 8 nitrogen and oxygen atoms in total. The predicted octanol–water partition coefficient (Wildman–Crippen LogP) is 6.84. The molecule has 35 heavy (non-hydrogen) atoms. The molecule has 1 aliphatic carbocycles. The fourth-order valence-corrected chi connectivity index (χ4v) is 5.47. The summed E-state index contributed by atoms with van der Waals surface area (Å²) in [4.78, 5) is 27.1. The van der Waals surface area contributed by atoms with Crippen molar-refractivity contribution in [2.75, 3.05) is 0 Å². The second-order valence-corrected chi connectivity index (χ2v) is 11.2. The number of phosphoric ester groups is 1. The third kappa shape index (κ3) is 6.25. The summed E-state index contributed by atoms with van der Waals surface area (Å²) in [7, 11) is -4.41. The Morgan fingerprint density at radius 3 is 1.89 bits per heavy atom. The van der Waals surface area contributed by atoms with E-state index in [1.807, 2.05) is 0 Å². The molecule has 2 aliphatic rings. The van der Waals surface area contributed by atoms with Gasteiger partial charge < -0.3 is 18.3 Å². The average molecular weight is 500 g/mol. The summed E-state index contributed by atoms with van der Waals surface area (Å²) in [6.07, 6.45) is 4.36. The van der Waals surface area contributed by atoms with E-state index in [1.165, 1.54) is 0 Å². The van der Waals surface area contributed by atoms with E-state index in [9.17, 15) is 14.2 Å². The Balaban J connectivity index is 1.72. The number of hydrogen-bond acceptors (Lipinski definition) is 7. The Bertz CT molecular complexity index is 1090. The number of rotatable bonds is 6. The second-order valence-electron chi connectivity index (χ2n) is 9.79. The van der Waals surface area contributed by atoms with Gasteiger partial charge in [0.05, 0.1) is 0 Å². The quantitative estimate of drug-likeness (QED) is 0.402. The summed E-state index contributed by atoms with van der Waals surface area (Å²) >= 11 is 0. The fraction of sp³-hybridized carbons (Fsp3) is 0.385. The van der Waals surface area contributed by atoms with Crippen LogP contribution in [0.3, 0.4) is 0 Å². The molecular weight excluding hydrogens is 469 g/mol. The van der Waals surface area contributed by atoms with Gasteiger partial charge in [-0.2, -0.15) is 9.46 Å². The van der Waals surface area contributed by atoms with Crippen LogP contribution < -0.4 is 9.05 Å². The van der Waals surface area contributed by atoms with E-state index in [0.29, 0.717) is 0 Å². The Kier molecular flexibility index (Phi) is 6.95. The first kappa shape index (κ1) is 24.9. The highest BCUT2D eigenvalue weighted by molar-refractivity contribution is 7.49. The minimum atomic E-state index is -4.41. The Morgan fingerprint density at radius 1 is 0.886 bits per heavy atom. The average Bonchev–Trinajstić information content (AvgIpc) is 3.20. The topological polar surface area (TPSA) is 91.4 Å². The first-order chi connectivity index (χ1) is 16.6. The molecule has 0 saturated heterocycles. The van der Waals surface area contributed by atoms with Crippen LogP contribution in [0, 0.1) is 5.41 Å². The summed E-state index contributed by atoms with van der Waals surface area (Å²) in [5, 5.41) is 0. The molecule has 186 valence electrons. The molecule has 0 radical (unpaired) electrons. The van der Waals surface area contributed by atoms with E-state index in [2.05, 4.69) is 0 Å². The largest absolute Gasteiger partial charge is 0.648 e. The zero-order chi connectivity index (χ0) is 25.1. The maximum atomic E-state index is 14.0. The van der Waals surface area contributed by atoms with Gasteiger partial charge in [0, 0.05) is 11.8 Å². The molecule has 2 aromatic rings. The number of allylic oxidation sites excluding steroid dienone is 1. The lowest BCUT2D eigenvalue weighted by molar-refractivity contribution is -0.133. The number of benzene rings is 2. The van der Waals surface area contributed by atoms with Crippen molar-refractivity contribution in [2.45, 2.75) is 58.5 Å². The first-order valence-corrected chi connectivity index (χ1v) is 13.1. The molecule has 1 saturated carbocycles. The maximum absolute atomic E-state index is 14.0. The van der Waals surface area contributed by atoms with Crippen molar-refractivity contribution in [1.29, 1.82) is 0 Å². The summed E-state index contributed by atoms with van der Waals surface area (Å²) < 4.78 is 36.7. The Hall–Kier alpha value is -3.25. The highest BCUT2D eigenvalue weighted by Crippen LogP contribution is 2.54. The number of nitrogens with zero attached hydrogens (tertiary/aromatic N) is 1. The molecule has 2 aromatic carbocycles. The van der Waals surface area contributed by atoms with Crippen LogP contribution >= 0.6 is 7.82 Å². The van der Waals surface area contributed by atoms with Gasteiger partial charge in [-0.3, -0.25) is 4.79 Å². The molecular formula is C26H30NO7P. The van der Waals surface area contributed by atoms with Gasteiger partial charge in [-0.15, -0.1) is 0 Å². The van der Waals surface area contributed by atoms with Gasteiger partial charge in [-0.05, 0) is 64.0 Å². The summed E-state index contributed by atoms with van der Waals surface area (Å²) in [5.74, 6) is -0.194. The van der Waals surface area contributed by atoms with Gasteiger partial charge in [-0.25, -0.2) is 4.79 Å². The van der Waals surface area contributed by atoms with E-state index in [-0.39, 0.29) is 23.8 Å². The van der Waals surface area contributed by atoms with E-state index in [1.54, 1.807) is 87.5 Å². The fourth-order valence-electron chi connectivity index (χ4n) is 4.24. The van der Waals surface area contributed by atoms with Crippen molar-refractivity contribution in [2.24, 2.45) is 5.41 Å². The molecule has 0 atom stereocenters. The molecule has 1 fully saturated rings. The van der Waals surface area contributed by atoms with Crippen molar-refractivity contribution < 1.29 is 32.5 Å².